The van der Waals surface area contributed by atoms with Crippen LogP contribution in [0.5, 0.6) is 0 Å². The van der Waals surface area contributed by atoms with Crippen LogP contribution in [0.1, 0.15) is 32.1 Å². The molecule has 0 spiro atoms. The first kappa shape index (κ1) is 13.8. The molecule has 6 nitrogen and oxygen atoms in total. The van der Waals surface area contributed by atoms with Gasteiger partial charge in [0, 0.05) is 33.0 Å². The van der Waals surface area contributed by atoms with Crippen molar-refractivity contribution in [3.05, 3.63) is 0 Å². The minimum Gasteiger partial charge on any atom is -0.409 e. The summed E-state index contributed by atoms with van der Waals surface area (Å²) in [6.45, 7) is 1.29. The smallest absolute Gasteiger partial charge is 0.222 e. The van der Waals surface area contributed by atoms with Crippen molar-refractivity contribution in [3.8, 4) is 0 Å². The number of carbonyl (C=O) groups excluding carboxylic acids is 1. The maximum Gasteiger partial charge on any atom is 0.222 e. The summed E-state index contributed by atoms with van der Waals surface area (Å²) in [6.07, 6.45) is 4.07. The van der Waals surface area contributed by atoms with Crippen LogP contribution in [-0.2, 0) is 9.53 Å². The number of rotatable bonds is 6. The van der Waals surface area contributed by atoms with E-state index in [0.29, 0.717) is 19.4 Å². The van der Waals surface area contributed by atoms with Crippen LogP contribution in [0.15, 0.2) is 5.16 Å². The lowest BCUT2D eigenvalue weighted by Gasteiger charge is -2.17. The van der Waals surface area contributed by atoms with Gasteiger partial charge >= 0.3 is 0 Å². The van der Waals surface area contributed by atoms with E-state index >= 15 is 0 Å². The number of hydrogen-bond donors (Lipinski definition) is 2. The average molecular weight is 243 g/mol. The van der Waals surface area contributed by atoms with Crippen LogP contribution < -0.4 is 5.73 Å². The minimum absolute atomic E-state index is 0.0752. The van der Waals surface area contributed by atoms with E-state index in [1.807, 2.05) is 0 Å². The molecule has 1 heterocycles. The van der Waals surface area contributed by atoms with E-state index in [-0.39, 0.29) is 17.8 Å². The molecule has 1 saturated heterocycles. The predicted molar refractivity (Wildman–Crippen MR) is 63.9 cm³/mol. The maximum absolute atomic E-state index is 11.7. The van der Waals surface area contributed by atoms with E-state index in [1.165, 1.54) is 0 Å². The maximum atomic E-state index is 11.7. The molecule has 3 N–H and O–H groups in total. The minimum atomic E-state index is 0.0752. The Morgan fingerprint density at radius 3 is 2.94 bits per heavy atom. The molecular weight excluding hydrogens is 222 g/mol. The monoisotopic (exact) mass is 243 g/mol. The molecule has 0 aromatic carbocycles. The molecule has 6 heteroatoms. The normalized spacial score (nSPS) is 20.5. The second-order valence-corrected chi connectivity index (χ2v) is 4.33. The summed E-state index contributed by atoms with van der Waals surface area (Å²) in [4.78, 5) is 13.3. The molecule has 1 aliphatic heterocycles. The van der Waals surface area contributed by atoms with Gasteiger partial charge in [0.15, 0.2) is 0 Å². The highest BCUT2D eigenvalue weighted by molar-refractivity contribution is 5.81. The van der Waals surface area contributed by atoms with E-state index in [4.69, 9.17) is 15.7 Å². The fraction of sp³-hybridized carbons (Fsp3) is 0.818. The Balaban J connectivity index is 2.17. The quantitative estimate of drug-likeness (QED) is 0.308. The fourth-order valence-corrected chi connectivity index (χ4v) is 1.80. The van der Waals surface area contributed by atoms with Gasteiger partial charge in [0.25, 0.3) is 0 Å². The molecule has 0 aliphatic carbocycles. The third kappa shape index (κ3) is 5.04. The summed E-state index contributed by atoms with van der Waals surface area (Å²) in [5, 5.41) is 11.2. The standard InChI is InChI=1S/C11H21N3O3/c1-14(7-6-10(12)13-16)11(15)5-4-9-3-2-8-17-9/h9,16H,2-8H2,1H3,(H2,12,13). The Morgan fingerprint density at radius 2 is 2.35 bits per heavy atom. The summed E-state index contributed by atoms with van der Waals surface area (Å²) >= 11 is 0. The number of amidine groups is 1. The number of carbonyl (C=O) groups is 1. The Morgan fingerprint density at radius 1 is 1.59 bits per heavy atom. The number of nitrogens with two attached hydrogens (primary N) is 1. The summed E-state index contributed by atoms with van der Waals surface area (Å²) in [6, 6.07) is 0. The second kappa shape index (κ2) is 7.11. The molecule has 0 saturated carbocycles. The Hall–Kier alpha value is -1.30. The zero-order chi connectivity index (χ0) is 12.7. The van der Waals surface area contributed by atoms with Crippen molar-refractivity contribution in [3.63, 3.8) is 0 Å². The van der Waals surface area contributed by atoms with Crippen LogP contribution in [0, 0.1) is 0 Å². The summed E-state index contributed by atoms with van der Waals surface area (Å²) in [5.74, 6) is 0.218. The lowest BCUT2D eigenvalue weighted by atomic mass is 10.1. The first-order valence-electron chi connectivity index (χ1n) is 5.95. The van der Waals surface area contributed by atoms with Crippen molar-refractivity contribution in [1.82, 2.24) is 4.90 Å². The molecule has 0 aromatic rings. The summed E-state index contributed by atoms with van der Waals surface area (Å²) in [7, 11) is 1.72. The van der Waals surface area contributed by atoms with E-state index in [1.54, 1.807) is 11.9 Å². The molecule has 1 aliphatic rings. The zero-order valence-corrected chi connectivity index (χ0v) is 10.3. The molecule has 0 bridgehead atoms. The summed E-state index contributed by atoms with van der Waals surface area (Å²) in [5.41, 5.74) is 5.34. The topological polar surface area (TPSA) is 88.1 Å². The lowest BCUT2D eigenvalue weighted by Crippen LogP contribution is -2.31. The zero-order valence-electron chi connectivity index (χ0n) is 10.3. The number of hydrogen-bond acceptors (Lipinski definition) is 4. The van der Waals surface area contributed by atoms with Crippen LogP contribution >= 0.6 is 0 Å². The molecule has 0 radical (unpaired) electrons. The first-order valence-corrected chi connectivity index (χ1v) is 5.95. The third-order valence-electron chi connectivity index (χ3n) is 2.96. The van der Waals surface area contributed by atoms with Crippen LogP contribution in [0.2, 0.25) is 0 Å². The summed E-state index contributed by atoms with van der Waals surface area (Å²) < 4.78 is 5.46. The van der Waals surface area contributed by atoms with Crippen molar-refractivity contribution < 1.29 is 14.7 Å². The largest absolute Gasteiger partial charge is 0.409 e. The molecule has 1 unspecified atom stereocenters. The fourth-order valence-electron chi connectivity index (χ4n) is 1.80. The van der Waals surface area contributed by atoms with Gasteiger partial charge in [-0.25, -0.2) is 0 Å². The van der Waals surface area contributed by atoms with Gasteiger partial charge in [-0.3, -0.25) is 4.79 Å². The van der Waals surface area contributed by atoms with Gasteiger partial charge in [0.1, 0.15) is 5.84 Å². The highest BCUT2D eigenvalue weighted by Crippen LogP contribution is 2.17. The SMILES string of the molecule is CN(CCC(N)=NO)C(=O)CCC1CCCO1. The Bertz CT molecular complexity index is 275. The molecule has 17 heavy (non-hydrogen) atoms. The average Bonchev–Trinajstić information content (AvgIpc) is 2.85. The number of ether oxygens (including phenoxy) is 1. The van der Waals surface area contributed by atoms with Gasteiger partial charge in [-0.2, -0.15) is 0 Å². The van der Waals surface area contributed by atoms with Crippen LogP contribution in [0.25, 0.3) is 0 Å². The molecule has 1 amide bonds. The predicted octanol–water partition coefficient (Wildman–Crippen LogP) is 0.540. The van der Waals surface area contributed by atoms with Crippen molar-refractivity contribution in [2.24, 2.45) is 10.9 Å². The first-order chi connectivity index (χ1) is 8.13. The van der Waals surface area contributed by atoms with E-state index in [2.05, 4.69) is 5.16 Å². The van der Waals surface area contributed by atoms with Crippen LogP contribution in [-0.4, -0.2) is 48.2 Å². The second-order valence-electron chi connectivity index (χ2n) is 4.33. The highest BCUT2D eigenvalue weighted by atomic mass is 16.5. The van der Waals surface area contributed by atoms with E-state index in [0.717, 1.165) is 25.9 Å². The Labute approximate surface area is 101 Å². The molecule has 98 valence electrons. The van der Waals surface area contributed by atoms with Crippen LogP contribution in [0.4, 0.5) is 0 Å². The van der Waals surface area contributed by atoms with Crippen LogP contribution in [0.3, 0.4) is 0 Å². The van der Waals surface area contributed by atoms with Crippen molar-refractivity contribution in [2.75, 3.05) is 20.2 Å². The molecular formula is C11H21N3O3. The molecule has 1 rings (SSSR count). The van der Waals surface area contributed by atoms with Gasteiger partial charge in [-0.15, -0.1) is 0 Å². The Kier molecular flexibility index (Phi) is 5.76. The van der Waals surface area contributed by atoms with Crippen molar-refractivity contribution in [1.29, 1.82) is 0 Å². The molecule has 0 aromatic heterocycles. The van der Waals surface area contributed by atoms with Gasteiger partial charge in [0.2, 0.25) is 5.91 Å². The van der Waals surface area contributed by atoms with Crippen molar-refractivity contribution >= 4 is 11.7 Å². The number of oxime groups is 1. The third-order valence-corrected chi connectivity index (χ3v) is 2.96. The van der Waals surface area contributed by atoms with E-state index < -0.39 is 0 Å². The van der Waals surface area contributed by atoms with Gasteiger partial charge < -0.3 is 20.6 Å². The van der Waals surface area contributed by atoms with Gasteiger partial charge in [-0.1, -0.05) is 5.16 Å². The highest BCUT2D eigenvalue weighted by Gasteiger charge is 2.18. The molecule has 1 atom stereocenters. The molecule has 1 fully saturated rings. The lowest BCUT2D eigenvalue weighted by molar-refractivity contribution is -0.130. The van der Waals surface area contributed by atoms with E-state index in [9.17, 15) is 4.79 Å². The van der Waals surface area contributed by atoms with Gasteiger partial charge in [0.05, 0.1) is 6.10 Å². The van der Waals surface area contributed by atoms with Crippen molar-refractivity contribution in [2.45, 2.75) is 38.2 Å². The number of nitrogens with zero attached hydrogens (tertiary/aromatic N) is 2. The van der Waals surface area contributed by atoms with Gasteiger partial charge in [-0.05, 0) is 19.3 Å². The number of amides is 1.